The summed E-state index contributed by atoms with van der Waals surface area (Å²) in [4.78, 5) is 11.6. The molecule has 0 fully saturated rings. The van der Waals surface area contributed by atoms with Crippen molar-refractivity contribution < 1.29 is 14.6 Å². The fourth-order valence-electron chi connectivity index (χ4n) is 1.81. The number of urea groups is 1. The molecule has 1 aromatic rings. The van der Waals surface area contributed by atoms with Gasteiger partial charge in [0.1, 0.15) is 0 Å². The Morgan fingerprint density at radius 3 is 2.90 bits per heavy atom. The molecular formula is C14H21BrN2O3. The second kappa shape index (κ2) is 8.94. The monoisotopic (exact) mass is 344 g/mol. The highest BCUT2D eigenvalue weighted by Gasteiger charge is 2.10. The van der Waals surface area contributed by atoms with E-state index < -0.39 is 6.10 Å². The Bertz CT molecular complexity index is 429. The number of methoxy groups -OCH3 is 1. The van der Waals surface area contributed by atoms with Crippen LogP contribution in [0.2, 0.25) is 0 Å². The van der Waals surface area contributed by atoms with E-state index in [4.69, 9.17) is 4.74 Å². The Kier molecular flexibility index (Phi) is 7.58. The van der Waals surface area contributed by atoms with Crippen LogP contribution in [-0.2, 0) is 11.2 Å². The minimum atomic E-state index is -0.689. The molecule has 0 heterocycles. The summed E-state index contributed by atoms with van der Waals surface area (Å²) < 4.78 is 5.80. The van der Waals surface area contributed by atoms with E-state index in [0.29, 0.717) is 0 Å². The summed E-state index contributed by atoms with van der Waals surface area (Å²) in [5.41, 5.74) is 1.14. The molecule has 0 saturated carbocycles. The third kappa shape index (κ3) is 6.88. The van der Waals surface area contributed by atoms with Crippen LogP contribution in [0.3, 0.4) is 0 Å². The van der Waals surface area contributed by atoms with Crippen molar-refractivity contribution in [3.63, 3.8) is 0 Å². The lowest BCUT2D eigenvalue weighted by atomic mass is 10.1. The lowest BCUT2D eigenvalue weighted by Crippen LogP contribution is -2.44. The minimum absolute atomic E-state index is 0.00358. The fraction of sp³-hybridized carbons (Fsp3) is 0.500. The topological polar surface area (TPSA) is 70.6 Å². The third-order valence-electron chi connectivity index (χ3n) is 2.67. The van der Waals surface area contributed by atoms with Gasteiger partial charge in [0.2, 0.25) is 0 Å². The maximum absolute atomic E-state index is 11.6. The van der Waals surface area contributed by atoms with Gasteiger partial charge in [-0.1, -0.05) is 28.1 Å². The molecule has 2 amide bonds. The van der Waals surface area contributed by atoms with E-state index in [2.05, 4.69) is 26.6 Å². The van der Waals surface area contributed by atoms with E-state index in [1.807, 2.05) is 31.2 Å². The third-order valence-corrected chi connectivity index (χ3v) is 3.16. The molecule has 0 spiro atoms. The predicted molar refractivity (Wildman–Crippen MR) is 81.7 cm³/mol. The average Bonchev–Trinajstić information content (AvgIpc) is 2.36. The van der Waals surface area contributed by atoms with Gasteiger partial charge in [-0.15, -0.1) is 0 Å². The van der Waals surface area contributed by atoms with Crippen molar-refractivity contribution in [2.75, 3.05) is 20.3 Å². The zero-order chi connectivity index (χ0) is 15.0. The number of benzene rings is 1. The SMILES string of the molecule is COC[C@@H](O)CNC(=O)N[C@@H](C)Cc1cccc(Br)c1. The summed E-state index contributed by atoms with van der Waals surface area (Å²) in [6, 6.07) is 7.69. The first kappa shape index (κ1) is 16.9. The first-order chi connectivity index (χ1) is 9.51. The molecule has 1 aromatic carbocycles. The van der Waals surface area contributed by atoms with E-state index in [9.17, 15) is 9.90 Å². The molecule has 0 aliphatic rings. The van der Waals surface area contributed by atoms with Crippen molar-refractivity contribution in [1.82, 2.24) is 10.6 Å². The summed E-state index contributed by atoms with van der Waals surface area (Å²) in [5, 5.41) is 14.9. The Morgan fingerprint density at radius 2 is 2.25 bits per heavy atom. The molecule has 0 saturated heterocycles. The quantitative estimate of drug-likeness (QED) is 0.704. The molecule has 1 rings (SSSR count). The Morgan fingerprint density at radius 1 is 1.50 bits per heavy atom. The van der Waals surface area contributed by atoms with Crippen LogP contribution in [0.25, 0.3) is 0 Å². The van der Waals surface area contributed by atoms with Crippen molar-refractivity contribution >= 4 is 22.0 Å². The van der Waals surface area contributed by atoms with Crippen molar-refractivity contribution in [1.29, 1.82) is 0 Å². The molecule has 2 atom stereocenters. The van der Waals surface area contributed by atoms with Crippen LogP contribution in [0.4, 0.5) is 4.79 Å². The molecule has 0 aromatic heterocycles. The van der Waals surface area contributed by atoms with Crippen molar-refractivity contribution in [3.05, 3.63) is 34.3 Å². The standard InChI is InChI=1S/C14H21BrN2O3/c1-10(6-11-4-3-5-12(15)7-11)17-14(19)16-8-13(18)9-20-2/h3-5,7,10,13,18H,6,8-9H2,1-2H3,(H2,16,17,19)/t10-,13-/m0/s1. The highest BCUT2D eigenvalue weighted by molar-refractivity contribution is 9.10. The number of hydrogen-bond acceptors (Lipinski definition) is 3. The largest absolute Gasteiger partial charge is 0.389 e. The number of aliphatic hydroxyl groups is 1. The number of amides is 2. The van der Waals surface area contributed by atoms with Crippen LogP contribution in [0, 0.1) is 0 Å². The number of hydrogen-bond donors (Lipinski definition) is 3. The van der Waals surface area contributed by atoms with E-state index in [-0.39, 0.29) is 25.2 Å². The van der Waals surface area contributed by atoms with Crippen LogP contribution < -0.4 is 10.6 Å². The van der Waals surface area contributed by atoms with Gasteiger partial charge in [-0.2, -0.15) is 0 Å². The average molecular weight is 345 g/mol. The van der Waals surface area contributed by atoms with Crippen LogP contribution in [0.15, 0.2) is 28.7 Å². The van der Waals surface area contributed by atoms with Gasteiger partial charge in [-0.3, -0.25) is 0 Å². The molecule has 20 heavy (non-hydrogen) atoms. The second-order valence-corrected chi connectivity index (χ2v) is 5.61. The zero-order valence-electron chi connectivity index (χ0n) is 11.7. The van der Waals surface area contributed by atoms with Crippen LogP contribution in [-0.4, -0.2) is 43.5 Å². The van der Waals surface area contributed by atoms with E-state index >= 15 is 0 Å². The normalized spacial score (nSPS) is 13.6. The zero-order valence-corrected chi connectivity index (χ0v) is 13.3. The van der Waals surface area contributed by atoms with Gasteiger partial charge in [0.05, 0.1) is 12.7 Å². The number of halogens is 1. The predicted octanol–water partition coefficient (Wildman–Crippen LogP) is 1.69. The lowest BCUT2D eigenvalue weighted by Gasteiger charge is -2.16. The maximum atomic E-state index is 11.6. The minimum Gasteiger partial charge on any atom is -0.389 e. The number of carbonyl (C=O) groups is 1. The second-order valence-electron chi connectivity index (χ2n) is 4.70. The molecule has 0 bridgehead atoms. The first-order valence-corrected chi connectivity index (χ1v) is 7.26. The number of rotatable bonds is 7. The molecule has 0 aliphatic heterocycles. The Hall–Kier alpha value is -1.11. The van der Waals surface area contributed by atoms with Crippen LogP contribution >= 0.6 is 15.9 Å². The van der Waals surface area contributed by atoms with Gasteiger partial charge in [-0.25, -0.2) is 4.79 Å². The Labute approximate surface area is 127 Å². The van der Waals surface area contributed by atoms with Crippen LogP contribution in [0.5, 0.6) is 0 Å². The summed E-state index contributed by atoms with van der Waals surface area (Å²) >= 11 is 3.42. The summed E-state index contributed by atoms with van der Waals surface area (Å²) in [5.74, 6) is 0. The first-order valence-electron chi connectivity index (χ1n) is 6.47. The van der Waals surface area contributed by atoms with E-state index in [0.717, 1.165) is 16.5 Å². The number of nitrogens with one attached hydrogen (secondary N) is 2. The molecule has 112 valence electrons. The fourth-order valence-corrected chi connectivity index (χ4v) is 2.25. The number of carbonyl (C=O) groups excluding carboxylic acids is 1. The Balaban J connectivity index is 2.31. The lowest BCUT2D eigenvalue weighted by molar-refractivity contribution is 0.0659. The van der Waals surface area contributed by atoms with E-state index in [1.54, 1.807) is 0 Å². The molecule has 0 radical (unpaired) electrons. The molecule has 3 N–H and O–H groups in total. The van der Waals surface area contributed by atoms with Crippen LogP contribution in [0.1, 0.15) is 12.5 Å². The van der Waals surface area contributed by atoms with Gasteiger partial charge >= 0.3 is 6.03 Å². The molecular weight excluding hydrogens is 324 g/mol. The summed E-state index contributed by atoms with van der Waals surface area (Å²) in [7, 11) is 1.50. The van der Waals surface area contributed by atoms with Gasteiger partial charge in [0, 0.05) is 24.2 Å². The van der Waals surface area contributed by atoms with Crippen molar-refractivity contribution in [2.24, 2.45) is 0 Å². The van der Waals surface area contributed by atoms with Gasteiger partial charge in [-0.05, 0) is 31.0 Å². The molecule has 6 heteroatoms. The van der Waals surface area contributed by atoms with E-state index in [1.165, 1.54) is 7.11 Å². The molecule has 0 aliphatic carbocycles. The highest BCUT2D eigenvalue weighted by atomic mass is 79.9. The highest BCUT2D eigenvalue weighted by Crippen LogP contribution is 2.12. The number of aliphatic hydroxyl groups excluding tert-OH is 1. The summed E-state index contributed by atoms with van der Waals surface area (Å²) in [6.45, 7) is 2.31. The maximum Gasteiger partial charge on any atom is 0.315 e. The van der Waals surface area contributed by atoms with Crippen molar-refractivity contribution in [3.8, 4) is 0 Å². The number of ether oxygens (including phenoxy) is 1. The molecule has 0 unspecified atom stereocenters. The smallest absolute Gasteiger partial charge is 0.315 e. The van der Waals surface area contributed by atoms with Gasteiger partial charge in [0.25, 0.3) is 0 Å². The van der Waals surface area contributed by atoms with Crippen molar-refractivity contribution in [2.45, 2.75) is 25.5 Å². The van der Waals surface area contributed by atoms with Gasteiger partial charge < -0.3 is 20.5 Å². The molecule has 5 nitrogen and oxygen atoms in total. The van der Waals surface area contributed by atoms with Gasteiger partial charge in [0.15, 0.2) is 0 Å². The summed E-state index contributed by atoms with van der Waals surface area (Å²) in [6.07, 6.45) is 0.0548.